The number of amides is 1. The number of alkyl halides is 6. The molecule has 0 aliphatic carbocycles. The van der Waals surface area contributed by atoms with Gasteiger partial charge in [-0.25, -0.2) is 0 Å². The Morgan fingerprint density at radius 1 is 0.919 bits per heavy atom. The van der Waals surface area contributed by atoms with Crippen LogP contribution in [0, 0.1) is 5.21 Å². The predicted molar refractivity (Wildman–Crippen MR) is 122 cm³/mol. The van der Waals surface area contributed by atoms with Gasteiger partial charge >= 0.3 is 12.4 Å². The van der Waals surface area contributed by atoms with Crippen LogP contribution in [0.2, 0.25) is 0 Å². The van der Waals surface area contributed by atoms with Crippen molar-refractivity contribution in [3.05, 3.63) is 106 Å². The van der Waals surface area contributed by atoms with E-state index in [4.69, 9.17) is 4.74 Å². The van der Waals surface area contributed by atoms with Crippen LogP contribution in [-0.2, 0) is 34.9 Å². The van der Waals surface area contributed by atoms with Crippen molar-refractivity contribution in [1.82, 2.24) is 5.32 Å². The average molecular weight is 526 g/mol. The molecule has 1 N–H and O–H groups in total. The van der Waals surface area contributed by atoms with Gasteiger partial charge in [-0.05, 0) is 41.8 Å². The van der Waals surface area contributed by atoms with Crippen LogP contribution >= 0.6 is 0 Å². The molecule has 1 amide bonds. The second-order valence-corrected chi connectivity index (χ2v) is 8.41. The minimum absolute atomic E-state index is 0.0588. The highest BCUT2D eigenvalue weighted by Crippen LogP contribution is 2.36. The van der Waals surface area contributed by atoms with Crippen LogP contribution in [0.1, 0.15) is 40.2 Å². The molecular weight excluding hydrogens is 502 g/mol. The zero-order valence-corrected chi connectivity index (χ0v) is 19.5. The van der Waals surface area contributed by atoms with Crippen LogP contribution in [0.5, 0.6) is 0 Å². The van der Waals surface area contributed by atoms with E-state index < -0.39 is 36.0 Å². The van der Waals surface area contributed by atoms with Gasteiger partial charge in [0, 0.05) is 30.5 Å². The van der Waals surface area contributed by atoms with E-state index in [9.17, 15) is 36.3 Å². The number of hydrogen-bond acceptors (Lipinski definition) is 3. The number of ether oxygens (including phenoxy) is 1. The zero-order valence-electron chi connectivity index (χ0n) is 19.5. The second-order valence-electron chi connectivity index (χ2n) is 8.41. The summed E-state index contributed by atoms with van der Waals surface area (Å²) in [7, 11) is 0. The molecule has 3 aromatic rings. The maximum Gasteiger partial charge on any atom is 0.416 e. The van der Waals surface area contributed by atoms with Crippen LogP contribution in [0.15, 0.2) is 73.1 Å². The van der Waals surface area contributed by atoms with Gasteiger partial charge < -0.3 is 15.3 Å². The van der Waals surface area contributed by atoms with Crippen molar-refractivity contribution in [2.75, 3.05) is 13.2 Å². The molecule has 0 aliphatic rings. The highest BCUT2D eigenvalue weighted by Gasteiger charge is 2.36. The largest absolute Gasteiger partial charge is 0.619 e. The molecule has 198 valence electrons. The summed E-state index contributed by atoms with van der Waals surface area (Å²) < 4.78 is 84.8. The number of benzene rings is 2. The fraction of sp³-hybridized carbons (Fsp3) is 0.308. The van der Waals surface area contributed by atoms with Gasteiger partial charge in [0.25, 0.3) is 0 Å². The Morgan fingerprint density at radius 2 is 1.57 bits per heavy atom. The Kier molecular flexibility index (Phi) is 9.14. The van der Waals surface area contributed by atoms with Gasteiger partial charge in [0.1, 0.15) is 0 Å². The van der Waals surface area contributed by atoms with Crippen molar-refractivity contribution in [2.24, 2.45) is 0 Å². The lowest BCUT2D eigenvalue weighted by atomic mass is 9.99. The molecule has 1 heterocycles. The standard InChI is InChI=1S/C26H24F6N2O3/c27-25(28,29)22-11-19(12-23(13-22)26(30,31)32)16-37-17-21(20-6-2-1-3-7-20)14-33-24(35)9-8-18-5-4-10-34(36)15-18/h1-7,10-13,15,21H,8-9,14,16-17H2,(H,33,35). The van der Waals surface area contributed by atoms with E-state index in [-0.39, 0.29) is 37.1 Å². The summed E-state index contributed by atoms with van der Waals surface area (Å²) >= 11 is 0. The number of nitrogens with zero attached hydrogens (tertiary/aromatic N) is 1. The molecule has 3 rings (SSSR count). The summed E-state index contributed by atoms with van der Waals surface area (Å²) in [6, 6.07) is 13.5. The van der Waals surface area contributed by atoms with Crippen LogP contribution < -0.4 is 10.0 Å². The van der Waals surface area contributed by atoms with Crippen LogP contribution in [-0.4, -0.2) is 19.1 Å². The SMILES string of the molecule is O=C(CCc1ccc[n+]([O-])c1)NCC(COCc1cc(C(F)(F)F)cc(C(F)(F)F)c1)c1ccccc1. The Labute approximate surface area is 209 Å². The molecular formula is C26H24F6N2O3. The van der Waals surface area contributed by atoms with E-state index >= 15 is 0 Å². The number of pyridine rings is 1. The molecule has 0 saturated carbocycles. The maximum atomic E-state index is 13.1. The fourth-order valence-electron chi connectivity index (χ4n) is 3.65. The molecule has 0 radical (unpaired) electrons. The van der Waals surface area contributed by atoms with Crippen molar-refractivity contribution in [2.45, 2.75) is 37.7 Å². The summed E-state index contributed by atoms with van der Waals surface area (Å²) in [6.45, 7) is -0.403. The number of carbonyl (C=O) groups excluding carboxylic acids is 1. The van der Waals surface area contributed by atoms with E-state index in [0.717, 1.165) is 5.56 Å². The van der Waals surface area contributed by atoms with Gasteiger partial charge in [-0.3, -0.25) is 4.79 Å². The first-order valence-corrected chi connectivity index (χ1v) is 11.3. The van der Waals surface area contributed by atoms with Gasteiger partial charge in [0.2, 0.25) is 5.91 Å². The number of nitrogens with one attached hydrogen (secondary N) is 1. The molecule has 1 aromatic heterocycles. The Balaban J connectivity index is 1.63. The lowest BCUT2D eigenvalue weighted by Crippen LogP contribution is -2.30. The normalized spacial score (nSPS) is 12.8. The molecule has 0 fully saturated rings. The molecule has 5 nitrogen and oxygen atoms in total. The summed E-state index contributed by atoms with van der Waals surface area (Å²) in [4.78, 5) is 12.3. The van der Waals surface area contributed by atoms with E-state index in [1.807, 2.05) is 0 Å². The molecule has 1 unspecified atom stereocenters. The first-order valence-electron chi connectivity index (χ1n) is 11.3. The van der Waals surface area contributed by atoms with E-state index in [2.05, 4.69) is 5.32 Å². The van der Waals surface area contributed by atoms with E-state index in [0.29, 0.717) is 28.8 Å². The summed E-state index contributed by atoms with van der Waals surface area (Å²) in [5, 5.41) is 14.1. The Morgan fingerprint density at radius 3 is 2.16 bits per heavy atom. The highest BCUT2D eigenvalue weighted by atomic mass is 19.4. The van der Waals surface area contributed by atoms with E-state index in [1.54, 1.807) is 42.5 Å². The fourth-order valence-corrected chi connectivity index (χ4v) is 3.65. The van der Waals surface area contributed by atoms with Crippen molar-refractivity contribution >= 4 is 5.91 Å². The molecule has 2 aromatic carbocycles. The first-order chi connectivity index (χ1) is 17.4. The summed E-state index contributed by atoms with van der Waals surface area (Å²) in [5.74, 6) is -0.687. The molecule has 0 spiro atoms. The minimum atomic E-state index is -4.94. The van der Waals surface area contributed by atoms with Gasteiger partial charge in [0.15, 0.2) is 12.4 Å². The smallest absolute Gasteiger partial charge is 0.416 e. The number of halogens is 6. The summed E-state index contributed by atoms with van der Waals surface area (Å²) in [5.41, 5.74) is -1.62. The number of rotatable bonds is 10. The topological polar surface area (TPSA) is 65.3 Å². The van der Waals surface area contributed by atoms with Crippen LogP contribution in [0.3, 0.4) is 0 Å². The maximum absolute atomic E-state index is 13.1. The number of hydrogen-bond donors (Lipinski definition) is 1. The first kappa shape index (κ1) is 28.0. The lowest BCUT2D eigenvalue weighted by molar-refractivity contribution is -0.605. The molecule has 0 bridgehead atoms. The monoisotopic (exact) mass is 526 g/mol. The Hall–Kier alpha value is -3.60. The third kappa shape index (κ3) is 8.78. The van der Waals surface area contributed by atoms with Crippen molar-refractivity contribution in [3.63, 3.8) is 0 Å². The Bertz CT molecular complexity index is 1150. The van der Waals surface area contributed by atoms with Crippen molar-refractivity contribution < 1.29 is 40.6 Å². The molecule has 37 heavy (non-hydrogen) atoms. The molecule has 0 aliphatic heterocycles. The predicted octanol–water partition coefficient (Wildman–Crippen LogP) is 5.41. The van der Waals surface area contributed by atoms with E-state index in [1.165, 1.54) is 12.4 Å². The van der Waals surface area contributed by atoms with Gasteiger partial charge in [0.05, 0.1) is 24.3 Å². The highest BCUT2D eigenvalue weighted by molar-refractivity contribution is 5.76. The van der Waals surface area contributed by atoms with Gasteiger partial charge in [-0.15, -0.1) is 0 Å². The average Bonchev–Trinajstić information content (AvgIpc) is 2.84. The van der Waals surface area contributed by atoms with Crippen molar-refractivity contribution in [1.29, 1.82) is 0 Å². The molecule has 11 heteroatoms. The van der Waals surface area contributed by atoms with Crippen LogP contribution in [0.25, 0.3) is 0 Å². The second kappa shape index (κ2) is 12.1. The van der Waals surface area contributed by atoms with Gasteiger partial charge in [-0.1, -0.05) is 30.3 Å². The van der Waals surface area contributed by atoms with Gasteiger partial charge in [-0.2, -0.15) is 31.1 Å². The molecule has 1 atom stereocenters. The number of aromatic nitrogens is 1. The number of carbonyl (C=O) groups is 1. The lowest BCUT2D eigenvalue weighted by Gasteiger charge is -2.19. The zero-order chi connectivity index (χ0) is 27.1. The van der Waals surface area contributed by atoms with Crippen LogP contribution in [0.4, 0.5) is 26.3 Å². The number of aryl methyl sites for hydroxylation is 1. The summed E-state index contributed by atoms with van der Waals surface area (Å²) in [6.07, 6.45) is -6.72. The quantitative estimate of drug-likeness (QED) is 0.218. The third-order valence-electron chi connectivity index (χ3n) is 5.53. The minimum Gasteiger partial charge on any atom is -0.619 e. The third-order valence-corrected chi connectivity index (χ3v) is 5.53. The van der Waals surface area contributed by atoms with Crippen molar-refractivity contribution in [3.8, 4) is 0 Å². The molecule has 0 saturated heterocycles.